The first-order valence-corrected chi connectivity index (χ1v) is 9.65. The average Bonchev–Trinajstić information content (AvgIpc) is 2.67. The molecule has 3 rings (SSSR count). The van der Waals surface area contributed by atoms with Gasteiger partial charge in [-0.1, -0.05) is 61.0 Å². The van der Waals surface area contributed by atoms with Crippen LogP contribution in [0.15, 0.2) is 71.9 Å². The van der Waals surface area contributed by atoms with Crippen molar-refractivity contribution in [3.63, 3.8) is 0 Å². The van der Waals surface area contributed by atoms with Gasteiger partial charge < -0.3 is 9.64 Å². The molecule has 1 aliphatic heterocycles. The minimum absolute atomic E-state index is 0.122. The van der Waals surface area contributed by atoms with Gasteiger partial charge in [-0.15, -0.1) is 0 Å². The second kappa shape index (κ2) is 8.45. The molecule has 0 fully saturated rings. The second-order valence-corrected chi connectivity index (χ2v) is 6.89. The van der Waals surface area contributed by atoms with Crippen molar-refractivity contribution in [3.05, 3.63) is 82.5 Å². The molecular formula is C23H24ClNO2. The van der Waals surface area contributed by atoms with E-state index in [-0.39, 0.29) is 12.0 Å². The summed E-state index contributed by atoms with van der Waals surface area (Å²) in [6.07, 6.45) is 3.06. The molecule has 1 aliphatic rings. The lowest BCUT2D eigenvalue weighted by molar-refractivity contribution is -0.138. The molecule has 1 heterocycles. The molecule has 0 radical (unpaired) electrons. The molecule has 0 saturated carbocycles. The van der Waals surface area contributed by atoms with Crippen molar-refractivity contribution in [1.82, 2.24) is 0 Å². The van der Waals surface area contributed by atoms with Crippen LogP contribution in [0.3, 0.4) is 0 Å². The van der Waals surface area contributed by atoms with Crippen LogP contribution in [-0.2, 0) is 9.53 Å². The highest BCUT2D eigenvalue weighted by atomic mass is 35.5. The predicted octanol–water partition coefficient (Wildman–Crippen LogP) is 5.86. The molecule has 1 atom stereocenters. The summed E-state index contributed by atoms with van der Waals surface area (Å²) in [5.41, 5.74) is 4.40. The first-order chi connectivity index (χ1) is 13.1. The number of ether oxygens (including phenoxy) is 1. The number of carbonyl (C=O) groups is 1. The molecule has 2 aromatic rings. The minimum Gasteiger partial charge on any atom is -0.462 e. The first kappa shape index (κ1) is 19.2. The number of hydrogen-bond acceptors (Lipinski definition) is 3. The van der Waals surface area contributed by atoms with E-state index in [2.05, 4.69) is 17.9 Å². The minimum atomic E-state index is -0.299. The van der Waals surface area contributed by atoms with Crippen molar-refractivity contribution in [2.24, 2.45) is 0 Å². The van der Waals surface area contributed by atoms with E-state index in [1.807, 2.05) is 68.4 Å². The maximum atomic E-state index is 12.9. The summed E-state index contributed by atoms with van der Waals surface area (Å²) < 4.78 is 5.39. The van der Waals surface area contributed by atoms with E-state index in [0.717, 1.165) is 28.9 Å². The van der Waals surface area contributed by atoms with E-state index >= 15 is 0 Å². The van der Waals surface area contributed by atoms with Crippen LogP contribution in [0, 0.1) is 0 Å². The number of esters is 1. The zero-order valence-corrected chi connectivity index (χ0v) is 16.7. The van der Waals surface area contributed by atoms with Crippen LogP contribution >= 0.6 is 11.6 Å². The molecule has 1 unspecified atom stereocenters. The Morgan fingerprint density at radius 1 is 1.11 bits per heavy atom. The normalized spacial score (nSPS) is 17.0. The van der Waals surface area contributed by atoms with Crippen LogP contribution in [0.2, 0.25) is 5.02 Å². The summed E-state index contributed by atoms with van der Waals surface area (Å²) in [4.78, 5) is 15.0. The SMILES string of the molecule is CCOC(=O)C1=C(C)N(c2cccc(Cl)c2)C(CC)C=C1c1ccccc1. The van der Waals surface area contributed by atoms with E-state index in [0.29, 0.717) is 17.2 Å². The Labute approximate surface area is 165 Å². The van der Waals surface area contributed by atoms with E-state index in [9.17, 15) is 4.79 Å². The maximum Gasteiger partial charge on any atom is 0.340 e. The fraction of sp³-hybridized carbons (Fsp3) is 0.261. The van der Waals surface area contributed by atoms with Gasteiger partial charge in [0.1, 0.15) is 0 Å². The molecule has 0 saturated heterocycles. The lowest BCUT2D eigenvalue weighted by Gasteiger charge is -2.38. The molecule has 0 aliphatic carbocycles. The highest BCUT2D eigenvalue weighted by Crippen LogP contribution is 2.38. The lowest BCUT2D eigenvalue weighted by atomic mass is 9.89. The van der Waals surface area contributed by atoms with E-state index < -0.39 is 0 Å². The van der Waals surface area contributed by atoms with E-state index in [4.69, 9.17) is 16.3 Å². The van der Waals surface area contributed by atoms with Gasteiger partial charge in [0.25, 0.3) is 0 Å². The number of benzene rings is 2. The molecule has 0 spiro atoms. The largest absolute Gasteiger partial charge is 0.462 e. The Hall–Kier alpha value is -2.52. The average molecular weight is 382 g/mol. The van der Waals surface area contributed by atoms with Crippen LogP contribution in [0.4, 0.5) is 5.69 Å². The predicted molar refractivity (Wildman–Crippen MR) is 112 cm³/mol. The molecule has 27 heavy (non-hydrogen) atoms. The Kier molecular flexibility index (Phi) is 6.02. The number of anilines is 1. The highest BCUT2D eigenvalue weighted by molar-refractivity contribution is 6.30. The van der Waals surface area contributed by atoms with Crippen LogP contribution in [-0.4, -0.2) is 18.6 Å². The van der Waals surface area contributed by atoms with Gasteiger partial charge in [-0.25, -0.2) is 4.79 Å². The monoisotopic (exact) mass is 381 g/mol. The number of rotatable bonds is 5. The van der Waals surface area contributed by atoms with Crippen LogP contribution in [0.1, 0.15) is 32.8 Å². The van der Waals surface area contributed by atoms with Gasteiger partial charge in [0.15, 0.2) is 0 Å². The molecule has 3 nitrogen and oxygen atoms in total. The summed E-state index contributed by atoms with van der Waals surface area (Å²) in [6.45, 7) is 6.29. The molecule has 2 aromatic carbocycles. The Morgan fingerprint density at radius 2 is 1.85 bits per heavy atom. The maximum absolute atomic E-state index is 12.9. The van der Waals surface area contributed by atoms with Crippen molar-refractivity contribution in [3.8, 4) is 0 Å². The van der Waals surface area contributed by atoms with Crippen molar-refractivity contribution >= 4 is 28.8 Å². The lowest BCUT2D eigenvalue weighted by Crippen LogP contribution is -2.37. The molecule has 0 amide bonds. The molecule has 0 N–H and O–H groups in total. The Morgan fingerprint density at radius 3 is 2.48 bits per heavy atom. The third-order valence-electron chi connectivity index (χ3n) is 4.75. The van der Waals surface area contributed by atoms with Crippen molar-refractivity contribution in [2.45, 2.75) is 33.2 Å². The highest BCUT2D eigenvalue weighted by Gasteiger charge is 2.31. The topological polar surface area (TPSA) is 29.5 Å². The molecule has 0 aromatic heterocycles. The summed E-state index contributed by atoms with van der Waals surface area (Å²) in [7, 11) is 0. The fourth-order valence-corrected chi connectivity index (χ4v) is 3.73. The number of hydrogen-bond donors (Lipinski definition) is 0. The first-order valence-electron chi connectivity index (χ1n) is 9.27. The summed E-state index contributed by atoms with van der Waals surface area (Å²) in [5.74, 6) is -0.299. The summed E-state index contributed by atoms with van der Waals surface area (Å²) >= 11 is 6.23. The summed E-state index contributed by atoms with van der Waals surface area (Å²) in [5, 5.41) is 0.672. The third kappa shape index (κ3) is 3.93. The zero-order valence-electron chi connectivity index (χ0n) is 15.9. The Balaban J connectivity index is 2.18. The van der Waals surface area contributed by atoms with Crippen molar-refractivity contribution in [2.75, 3.05) is 11.5 Å². The van der Waals surface area contributed by atoms with Gasteiger partial charge >= 0.3 is 5.97 Å². The van der Waals surface area contributed by atoms with Crippen molar-refractivity contribution in [1.29, 1.82) is 0 Å². The number of allylic oxidation sites excluding steroid dienone is 1. The number of nitrogens with zero attached hydrogens (tertiary/aromatic N) is 1. The second-order valence-electron chi connectivity index (χ2n) is 6.45. The smallest absolute Gasteiger partial charge is 0.340 e. The Bertz CT molecular complexity index is 886. The van der Waals surface area contributed by atoms with Gasteiger partial charge in [0, 0.05) is 16.4 Å². The van der Waals surface area contributed by atoms with Gasteiger partial charge in [-0.05, 0) is 49.6 Å². The van der Waals surface area contributed by atoms with Crippen LogP contribution in [0.5, 0.6) is 0 Å². The number of halogens is 1. The van der Waals surface area contributed by atoms with Gasteiger partial charge in [-0.3, -0.25) is 0 Å². The standard InChI is InChI=1S/C23H24ClNO2/c1-4-19-15-21(17-10-7-6-8-11-17)22(23(26)27-5-2)16(3)25(19)20-13-9-12-18(24)14-20/h6-15,19H,4-5H2,1-3H3. The van der Waals surface area contributed by atoms with Crippen LogP contribution < -0.4 is 4.90 Å². The van der Waals surface area contributed by atoms with Crippen LogP contribution in [0.25, 0.3) is 5.57 Å². The summed E-state index contributed by atoms with van der Waals surface area (Å²) in [6, 6.07) is 17.8. The number of carbonyl (C=O) groups excluding carboxylic acids is 1. The van der Waals surface area contributed by atoms with Gasteiger partial charge in [-0.2, -0.15) is 0 Å². The third-order valence-corrected chi connectivity index (χ3v) is 4.99. The molecule has 0 bridgehead atoms. The molecule has 4 heteroatoms. The van der Waals surface area contributed by atoms with E-state index in [1.54, 1.807) is 0 Å². The quantitative estimate of drug-likeness (QED) is 0.607. The molecule has 140 valence electrons. The zero-order chi connectivity index (χ0) is 19.4. The fourth-order valence-electron chi connectivity index (χ4n) is 3.55. The van der Waals surface area contributed by atoms with Gasteiger partial charge in [0.05, 0.1) is 18.2 Å². The molecular weight excluding hydrogens is 358 g/mol. The van der Waals surface area contributed by atoms with Crippen molar-refractivity contribution < 1.29 is 9.53 Å². The van der Waals surface area contributed by atoms with E-state index in [1.165, 1.54) is 0 Å². The van der Waals surface area contributed by atoms with Gasteiger partial charge in [0.2, 0.25) is 0 Å².